The van der Waals surface area contributed by atoms with E-state index in [9.17, 15) is 0 Å². The Balaban J connectivity index is 1.86. The summed E-state index contributed by atoms with van der Waals surface area (Å²) in [4.78, 5) is 4.31. The highest BCUT2D eigenvalue weighted by Crippen LogP contribution is 2.41. The number of pyridine rings is 1. The molecule has 1 aliphatic heterocycles. The van der Waals surface area contributed by atoms with Crippen molar-refractivity contribution in [3.8, 4) is 5.88 Å². The van der Waals surface area contributed by atoms with Crippen molar-refractivity contribution in [3.05, 3.63) is 46.6 Å². The second kappa shape index (κ2) is 5.58. The van der Waals surface area contributed by atoms with Gasteiger partial charge in [0.15, 0.2) is 0 Å². The van der Waals surface area contributed by atoms with Gasteiger partial charge in [-0.1, -0.05) is 30.3 Å². The molecule has 20 heavy (non-hydrogen) atoms. The van der Waals surface area contributed by atoms with Gasteiger partial charge in [0.25, 0.3) is 0 Å². The first kappa shape index (κ1) is 13.1. The van der Waals surface area contributed by atoms with E-state index in [1.54, 1.807) is 6.20 Å². The first-order valence-electron chi connectivity index (χ1n) is 6.26. The number of anilines is 1. The Kier molecular flexibility index (Phi) is 3.64. The second-order valence-corrected chi connectivity index (χ2v) is 5.30. The first-order chi connectivity index (χ1) is 9.74. The first-order valence-corrected chi connectivity index (χ1v) is 7.06. The molecule has 102 valence electrons. The largest absolute Gasteiger partial charge is 0.471 e. The van der Waals surface area contributed by atoms with Gasteiger partial charge in [0, 0.05) is 6.20 Å². The number of nitrogens with one attached hydrogen (secondary N) is 1. The van der Waals surface area contributed by atoms with Crippen molar-refractivity contribution < 1.29 is 4.74 Å². The monoisotopic (exact) mass is 332 g/mol. The molecule has 0 aliphatic carbocycles. The summed E-state index contributed by atoms with van der Waals surface area (Å²) < 4.78 is 6.59. The second-order valence-electron chi connectivity index (χ2n) is 4.44. The van der Waals surface area contributed by atoms with Crippen molar-refractivity contribution in [2.45, 2.75) is 19.7 Å². The molecule has 0 amide bonds. The van der Waals surface area contributed by atoms with Crippen LogP contribution in [0.2, 0.25) is 0 Å². The Labute approximate surface area is 125 Å². The molecule has 1 atom stereocenters. The van der Waals surface area contributed by atoms with Crippen LogP contribution in [0.4, 0.5) is 11.4 Å². The minimum atomic E-state index is -0.0855. The molecule has 0 saturated carbocycles. The van der Waals surface area contributed by atoms with Crippen LogP contribution in [0.25, 0.3) is 0 Å². The van der Waals surface area contributed by atoms with Crippen LogP contribution in [0.1, 0.15) is 12.5 Å². The lowest BCUT2D eigenvalue weighted by atomic mass is 10.2. The Hall–Kier alpha value is -1.95. The van der Waals surface area contributed by atoms with Gasteiger partial charge >= 0.3 is 0 Å². The molecule has 0 bridgehead atoms. The van der Waals surface area contributed by atoms with E-state index in [4.69, 9.17) is 4.74 Å². The lowest BCUT2D eigenvalue weighted by Crippen LogP contribution is -2.16. The van der Waals surface area contributed by atoms with Gasteiger partial charge in [0.1, 0.15) is 24.1 Å². The molecule has 1 unspecified atom stereocenters. The summed E-state index contributed by atoms with van der Waals surface area (Å²) in [6.45, 7) is 2.39. The van der Waals surface area contributed by atoms with E-state index in [-0.39, 0.29) is 6.17 Å². The van der Waals surface area contributed by atoms with Crippen molar-refractivity contribution in [1.82, 2.24) is 4.98 Å². The van der Waals surface area contributed by atoms with E-state index in [0.717, 1.165) is 21.4 Å². The molecule has 3 rings (SSSR count). The molecular weight excluding hydrogens is 320 g/mol. The standard InChI is InChI=1S/C14H13BrN4O/c1-9-17-13-12(19-18-9)11(15)7-16-14(13)20-8-10-5-3-2-4-6-10/h2-7,9,17H,8H2,1H3. The fraction of sp³-hybridized carbons (Fsp3) is 0.214. The SMILES string of the molecule is CC1N=Nc2c(Br)cnc(OCc3ccccc3)c2N1. The van der Waals surface area contributed by atoms with E-state index < -0.39 is 0 Å². The predicted octanol–water partition coefficient (Wildman–Crippen LogP) is 4.28. The summed E-state index contributed by atoms with van der Waals surface area (Å²) in [6, 6.07) is 9.98. The lowest BCUT2D eigenvalue weighted by molar-refractivity contribution is 0.295. The quantitative estimate of drug-likeness (QED) is 0.912. The average molecular weight is 333 g/mol. The maximum absolute atomic E-state index is 5.80. The predicted molar refractivity (Wildman–Crippen MR) is 80.3 cm³/mol. The van der Waals surface area contributed by atoms with E-state index in [2.05, 4.69) is 36.5 Å². The molecule has 5 nitrogen and oxygen atoms in total. The molecular formula is C14H13BrN4O. The van der Waals surface area contributed by atoms with Crippen molar-refractivity contribution in [2.75, 3.05) is 5.32 Å². The van der Waals surface area contributed by atoms with Gasteiger partial charge in [-0.2, -0.15) is 10.2 Å². The highest BCUT2D eigenvalue weighted by Gasteiger charge is 2.20. The molecule has 1 N–H and O–H groups in total. The van der Waals surface area contributed by atoms with Crippen molar-refractivity contribution >= 4 is 27.3 Å². The Bertz CT molecular complexity index is 645. The number of fused-ring (bicyclic) bond motifs is 1. The van der Waals surface area contributed by atoms with Crippen LogP contribution in [0, 0.1) is 0 Å². The Morgan fingerprint density at radius 3 is 2.90 bits per heavy atom. The number of nitrogens with zero attached hydrogens (tertiary/aromatic N) is 3. The summed E-state index contributed by atoms with van der Waals surface area (Å²) >= 11 is 3.42. The van der Waals surface area contributed by atoms with Gasteiger partial charge in [-0.05, 0) is 28.4 Å². The van der Waals surface area contributed by atoms with Crippen molar-refractivity contribution in [2.24, 2.45) is 10.2 Å². The van der Waals surface area contributed by atoms with Crippen LogP contribution in [0.5, 0.6) is 5.88 Å². The number of ether oxygens (including phenoxy) is 1. The van der Waals surface area contributed by atoms with Crippen LogP contribution in [-0.4, -0.2) is 11.1 Å². The Morgan fingerprint density at radius 2 is 2.10 bits per heavy atom. The number of rotatable bonds is 3. The summed E-state index contributed by atoms with van der Waals surface area (Å²) in [5.41, 5.74) is 2.59. The topological polar surface area (TPSA) is 58.9 Å². The van der Waals surface area contributed by atoms with Gasteiger partial charge < -0.3 is 10.1 Å². The van der Waals surface area contributed by atoms with E-state index in [1.807, 2.05) is 37.3 Å². The zero-order chi connectivity index (χ0) is 13.9. The van der Waals surface area contributed by atoms with Crippen LogP contribution in [-0.2, 0) is 6.61 Å². The molecule has 6 heteroatoms. The lowest BCUT2D eigenvalue weighted by Gasteiger charge is -2.20. The van der Waals surface area contributed by atoms with Crippen LogP contribution in [0.3, 0.4) is 0 Å². The molecule has 2 aromatic rings. The summed E-state index contributed by atoms with van der Waals surface area (Å²) in [5, 5.41) is 11.5. The van der Waals surface area contributed by atoms with Gasteiger partial charge in [0.05, 0.1) is 4.47 Å². The summed E-state index contributed by atoms with van der Waals surface area (Å²) in [6.07, 6.45) is 1.59. The number of azo groups is 1. The molecule has 1 aromatic heterocycles. The zero-order valence-corrected chi connectivity index (χ0v) is 12.5. The molecule has 1 aliphatic rings. The molecule has 0 fully saturated rings. The third kappa shape index (κ3) is 2.65. The average Bonchev–Trinajstić information content (AvgIpc) is 2.47. The van der Waals surface area contributed by atoms with Crippen LogP contribution in [0.15, 0.2) is 51.2 Å². The number of halogens is 1. The molecule has 2 heterocycles. The minimum absolute atomic E-state index is 0.0855. The highest BCUT2D eigenvalue weighted by atomic mass is 79.9. The van der Waals surface area contributed by atoms with Crippen LogP contribution >= 0.6 is 15.9 Å². The van der Waals surface area contributed by atoms with Gasteiger partial charge in [-0.3, -0.25) is 0 Å². The summed E-state index contributed by atoms with van der Waals surface area (Å²) in [7, 11) is 0. The highest BCUT2D eigenvalue weighted by molar-refractivity contribution is 9.10. The van der Waals surface area contributed by atoms with E-state index in [1.165, 1.54) is 0 Å². The van der Waals surface area contributed by atoms with E-state index >= 15 is 0 Å². The molecule has 1 aromatic carbocycles. The van der Waals surface area contributed by atoms with Gasteiger partial charge in [-0.15, -0.1) is 0 Å². The van der Waals surface area contributed by atoms with Crippen molar-refractivity contribution in [3.63, 3.8) is 0 Å². The number of aromatic nitrogens is 1. The van der Waals surface area contributed by atoms with Gasteiger partial charge in [0.2, 0.25) is 5.88 Å². The van der Waals surface area contributed by atoms with Gasteiger partial charge in [-0.25, -0.2) is 4.98 Å². The number of benzene rings is 1. The fourth-order valence-electron chi connectivity index (χ4n) is 1.91. The molecule has 0 saturated heterocycles. The summed E-state index contributed by atoms with van der Waals surface area (Å²) in [5.74, 6) is 0.539. The molecule has 0 spiro atoms. The Morgan fingerprint density at radius 1 is 1.30 bits per heavy atom. The number of hydrogen-bond acceptors (Lipinski definition) is 5. The zero-order valence-electron chi connectivity index (χ0n) is 10.9. The minimum Gasteiger partial charge on any atom is -0.471 e. The maximum Gasteiger partial charge on any atom is 0.240 e. The normalized spacial score (nSPS) is 16.4. The van der Waals surface area contributed by atoms with Crippen LogP contribution < -0.4 is 10.1 Å². The third-order valence-electron chi connectivity index (χ3n) is 2.87. The fourth-order valence-corrected chi connectivity index (χ4v) is 2.29. The number of hydrogen-bond donors (Lipinski definition) is 1. The molecule has 0 radical (unpaired) electrons. The van der Waals surface area contributed by atoms with Crippen molar-refractivity contribution in [1.29, 1.82) is 0 Å². The third-order valence-corrected chi connectivity index (χ3v) is 3.45. The maximum atomic E-state index is 5.80. The van der Waals surface area contributed by atoms with E-state index in [0.29, 0.717) is 12.5 Å². The smallest absolute Gasteiger partial charge is 0.240 e.